The number of Topliss-reactive ketones (excluding diaryl/α,β-unsaturated/α-hetero) is 2. The summed E-state index contributed by atoms with van der Waals surface area (Å²) < 4.78 is 18.5. The van der Waals surface area contributed by atoms with Gasteiger partial charge in [-0.25, -0.2) is 4.39 Å². The van der Waals surface area contributed by atoms with Gasteiger partial charge < -0.3 is 9.73 Å². The summed E-state index contributed by atoms with van der Waals surface area (Å²) in [4.78, 5) is 24.6. The topological polar surface area (TPSA) is 83.1 Å². The van der Waals surface area contributed by atoms with E-state index in [2.05, 4.69) is 11.4 Å². The van der Waals surface area contributed by atoms with Gasteiger partial charge in [-0.2, -0.15) is 5.26 Å². The number of hydrogen-bond donors (Lipinski definition) is 1. The van der Waals surface area contributed by atoms with Crippen molar-refractivity contribution in [1.82, 2.24) is 5.32 Å². The quantitative estimate of drug-likeness (QED) is 0.732. The third-order valence-corrected chi connectivity index (χ3v) is 5.39. The minimum atomic E-state index is -0.623. The zero-order valence-electron chi connectivity index (χ0n) is 15.3. The second kappa shape index (κ2) is 8.28. The Morgan fingerprint density at radius 1 is 1.29 bits per heavy atom. The maximum absolute atomic E-state index is 13.0. The molecule has 0 radical (unpaired) electrons. The molecule has 7 heteroatoms. The second-order valence-electron chi connectivity index (χ2n) is 6.24. The molecule has 28 heavy (non-hydrogen) atoms. The van der Waals surface area contributed by atoms with Crippen molar-refractivity contribution in [2.75, 3.05) is 5.75 Å². The standard InChI is InChI=1S/C21H17FN2O3S/c1-12-19(13(2)25)20(18-4-3-9-27-18)16(10-23)21(24-12)28-11-17(26)14-5-7-15(22)8-6-14/h3-9,20,24H,11H2,1-2H3/t20-/m0/s1. The minimum Gasteiger partial charge on any atom is -0.468 e. The lowest BCUT2D eigenvalue weighted by molar-refractivity contribution is -0.113. The van der Waals surface area contributed by atoms with Crippen LogP contribution in [0.25, 0.3) is 0 Å². The molecule has 3 rings (SSSR count). The number of halogens is 1. The van der Waals surface area contributed by atoms with E-state index in [1.807, 2.05) is 0 Å². The largest absolute Gasteiger partial charge is 0.468 e. The van der Waals surface area contributed by atoms with E-state index in [1.165, 1.54) is 49.2 Å². The number of ketones is 2. The van der Waals surface area contributed by atoms with E-state index in [0.717, 1.165) is 0 Å². The van der Waals surface area contributed by atoms with Crippen LogP contribution >= 0.6 is 11.8 Å². The number of nitrogens with zero attached hydrogens (tertiary/aromatic N) is 1. The first-order chi connectivity index (χ1) is 13.4. The number of dihydropyridines is 1. The third-order valence-electron chi connectivity index (χ3n) is 4.37. The Morgan fingerprint density at radius 2 is 2.00 bits per heavy atom. The minimum absolute atomic E-state index is 0.0622. The van der Waals surface area contributed by atoms with Crippen molar-refractivity contribution in [3.8, 4) is 6.07 Å². The maximum atomic E-state index is 13.0. The average molecular weight is 396 g/mol. The number of nitrogens with one attached hydrogen (secondary N) is 1. The highest BCUT2D eigenvalue weighted by Crippen LogP contribution is 2.41. The fourth-order valence-electron chi connectivity index (χ4n) is 3.09. The molecule has 1 N–H and O–H groups in total. The molecule has 5 nitrogen and oxygen atoms in total. The lowest BCUT2D eigenvalue weighted by Crippen LogP contribution is -2.27. The van der Waals surface area contributed by atoms with Gasteiger partial charge in [0, 0.05) is 16.8 Å². The van der Waals surface area contributed by atoms with Crippen molar-refractivity contribution >= 4 is 23.3 Å². The van der Waals surface area contributed by atoms with Crippen molar-refractivity contribution in [3.05, 3.63) is 81.7 Å². The van der Waals surface area contributed by atoms with Crippen LogP contribution in [0, 0.1) is 17.1 Å². The molecule has 0 bridgehead atoms. The molecule has 142 valence electrons. The molecule has 0 amide bonds. The molecular formula is C21H17FN2O3S. The maximum Gasteiger partial charge on any atom is 0.173 e. The average Bonchev–Trinajstić information content (AvgIpc) is 3.20. The molecule has 0 unspecified atom stereocenters. The first-order valence-corrected chi connectivity index (χ1v) is 9.49. The Hall–Kier alpha value is -3.11. The van der Waals surface area contributed by atoms with Gasteiger partial charge in [0.05, 0.1) is 34.6 Å². The predicted octanol–water partition coefficient (Wildman–Crippen LogP) is 4.32. The SMILES string of the molecule is CC(=O)C1=C(C)NC(SCC(=O)c2ccc(F)cc2)=C(C#N)[C@H]1c1ccco1. The highest BCUT2D eigenvalue weighted by atomic mass is 32.2. The van der Waals surface area contributed by atoms with Crippen LogP contribution in [0.4, 0.5) is 4.39 Å². The van der Waals surface area contributed by atoms with Gasteiger partial charge in [-0.3, -0.25) is 9.59 Å². The van der Waals surface area contributed by atoms with E-state index in [4.69, 9.17) is 4.42 Å². The van der Waals surface area contributed by atoms with Gasteiger partial charge in [0.2, 0.25) is 0 Å². The number of carbonyl (C=O) groups is 2. The first-order valence-electron chi connectivity index (χ1n) is 8.50. The summed E-state index contributed by atoms with van der Waals surface area (Å²) in [5, 5.41) is 13.3. The second-order valence-corrected chi connectivity index (χ2v) is 7.23. The molecule has 0 spiro atoms. The van der Waals surface area contributed by atoms with Crippen LogP contribution in [0.15, 0.2) is 69.0 Å². The molecule has 0 fully saturated rings. The van der Waals surface area contributed by atoms with Gasteiger partial charge in [-0.05, 0) is 50.2 Å². The zero-order chi connectivity index (χ0) is 20.3. The number of thioether (sulfide) groups is 1. The molecular weight excluding hydrogens is 379 g/mol. The Morgan fingerprint density at radius 3 is 2.57 bits per heavy atom. The van der Waals surface area contributed by atoms with Crippen LogP contribution < -0.4 is 5.32 Å². The normalized spacial score (nSPS) is 16.6. The van der Waals surface area contributed by atoms with Crippen molar-refractivity contribution in [2.24, 2.45) is 0 Å². The van der Waals surface area contributed by atoms with Crippen LogP contribution in [0.2, 0.25) is 0 Å². The summed E-state index contributed by atoms with van der Waals surface area (Å²) in [5.41, 5.74) is 1.79. The summed E-state index contributed by atoms with van der Waals surface area (Å²) >= 11 is 1.17. The van der Waals surface area contributed by atoms with Gasteiger partial charge >= 0.3 is 0 Å². The number of rotatable bonds is 6. The number of allylic oxidation sites excluding steroid dienone is 3. The fraction of sp³-hybridized carbons (Fsp3) is 0.190. The number of hydrogen-bond acceptors (Lipinski definition) is 6. The molecule has 1 aromatic heterocycles. The van der Waals surface area contributed by atoms with Crippen LogP contribution in [-0.2, 0) is 4.79 Å². The molecule has 0 aliphatic carbocycles. The van der Waals surface area contributed by atoms with E-state index in [0.29, 0.717) is 33.2 Å². The number of benzene rings is 1. The van der Waals surface area contributed by atoms with Gasteiger partial charge in [0.25, 0.3) is 0 Å². The van der Waals surface area contributed by atoms with Crippen molar-refractivity contribution in [2.45, 2.75) is 19.8 Å². The van der Waals surface area contributed by atoms with Gasteiger partial charge in [0.1, 0.15) is 11.6 Å². The van der Waals surface area contributed by atoms with Crippen molar-refractivity contribution in [3.63, 3.8) is 0 Å². The van der Waals surface area contributed by atoms with Crippen LogP contribution in [0.3, 0.4) is 0 Å². The molecule has 1 atom stereocenters. The summed E-state index contributed by atoms with van der Waals surface area (Å²) in [6.07, 6.45) is 1.49. The number of nitriles is 1. The summed E-state index contributed by atoms with van der Waals surface area (Å²) in [6.45, 7) is 3.20. The molecule has 1 aliphatic rings. The fourth-order valence-corrected chi connectivity index (χ4v) is 4.08. The van der Waals surface area contributed by atoms with Gasteiger partial charge in [-0.15, -0.1) is 0 Å². The van der Waals surface area contributed by atoms with E-state index in [-0.39, 0.29) is 17.3 Å². The highest BCUT2D eigenvalue weighted by molar-refractivity contribution is 8.03. The van der Waals surface area contributed by atoms with Crippen LogP contribution in [0.5, 0.6) is 0 Å². The van der Waals surface area contributed by atoms with Gasteiger partial charge in [0.15, 0.2) is 11.6 Å². The highest BCUT2D eigenvalue weighted by Gasteiger charge is 2.34. The van der Waals surface area contributed by atoms with E-state index in [9.17, 15) is 19.2 Å². The van der Waals surface area contributed by atoms with Crippen LogP contribution in [0.1, 0.15) is 35.9 Å². The van der Waals surface area contributed by atoms with E-state index < -0.39 is 11.7 Å². The Labute approximate surface area is 165 Å². The monoisotopic (exact) mass is 396 g/mol. The van der Waals surface area contributed by atoms with Crippen LogP contribution in [-0.4, -0.2) is 17.3 Å². The molecule has 1 aliphatic heterocycles. The smallest absolute Gasteiger partial charge is 0.173 e. The summed E-state index contributed by atoms with van der Waals surface area (Å²) in [6, 6.07) is 10.9. The Kier molecular flexibility index (Phi) is 5.81. The Bertz CT molecular complexity index is 1010. The van der Waals surface area contributed by atoms with E-state index >= 15 is 0 Å². The first kappa shape index (κ1) is 19.6. The zero-order valence-corrected chi connectivity index (χ0v) is 16.1. The Balaban J connectivity index is 1.90. The molecule has 0 saturated heterocycles. The molecule has 2 aromatic rings. The van der Waals surface area contributed by atoms with E-state index in [1.54, 1.807) is 19.1 Å². The third kappa shape index (κ3) is 3.92. The molecule has 2 heterocycles. The lowest BCUT2D eigenvalue weighted by Gasteiger charge is -2.27. The predicted molar refractivity (Wildman–Crippen MR) is 104 cm³/mol. The molecule has 1 aromatic carbocycles. The number of furan rings is 1. The van der Waals surface area contributed by atoms with Crippen molar-refractivity contribution < 1.29 is 18.4 Å². The molecule has 0 saturated carbocycles. The lowest BCUT2D eigenvalue weighted by atomic mass is 9.84. The van der Waals surface area contributed by atoms with Gasteiger partial charge in [-0.1, -0.05) is 11.8 Å². The number of carbonyl (C=O) groups excluding carboxylic acids is 2. The summed E-state index contributed by atoms with van der Waals surface area (Å²) in [5.74, 6) is -0.831. The summed E-state index contributed by atoms with van der Waals surface area (Å²) in [7, 11) is 0. The van der Waals surface area contributed by atoms with Crippen molar-refractivity contribution in [1.29, 1.82) is 5.26 Å².